The molecule has 3 aromatic rings. The zero-order valence-electron chi connectivity index (χ0n) is 17.4. The summed E-state index contributed by atoms with van der Waals surface area (Å²) in [6, 6.07) is 25.4. The van der Waals surface area contributed by atoms with Crippen molar-refractivity contribution < 1.29 is 13.2 Å². The molecule has 1 aliphatic rings. The third kappa shape index (κ3) is 4.27. The van der Waals surface area contributed by atoms with Gasteiger partial charge in [-0.05, 0) is 36.4 Å². The van der Waals surface area contributed by atoms with Crippen LogP contribution >= 0.6 is 0 Å². The molecular weight excluding hydrogens is 410 g/mol. The molecule has 0 unspecified atom stereocenters. The van der Waals surface area contributed by atoms with E-state index >= 15 is 0 Å². The summed E-state index contributed by atoms with van der Waals surface area (Å²) in [5.74, 6) is -0.256. The summed E-state index contributed by atoms with van der Waals surface area (Å²) in [5.41, 5.74) is 1.88. The van der Waals surface area contributed by atoms with Crippen molar-refractivity contribution in [3.63, 3.8) is 0 Å². The predicted molar refractivity (Wildman–Crippen MR) is 123 cm³/mol. The lowest BCUT2D eigenvalue weighted by Gasteiger charge is -2.36. The molecule has 1 fully saturated rings. The minimum Gasteiger partial charge on any atom is -0.368 e. The fraction of sp³-hybridized carbons (Fsp3) is 0.208. The molecule has 31 heavy (non-hydrogen) atoms. The van der Waals surface area contributed by atoms with Crippen LogP contribution < -0.4 is 9.21 Å². The van der Waals surface area contributed by atoms with Crippen LogP contribution in [0.5, 0.6) is 0 Å². The number of amides is 1. The molecule has 160 valence electrons. The molecule has 0 aliphatic carbocycles. The number of nitrogens with zero attached hydrogens (tertiary/aromatic N) is 3. The standard InChI is InChI=1S/C24H25N3O3S/c1-25(20-10-4-2-5-11-20)31(29,30)23-15-9-8-14-22(23)24(28)27-18-16-26(17-19-27)21-12-6-3-7-13-21/h2-15H,16-19H2,1H3. The Morgan fingerprint density at radius 1 is 0.774 bits per heavy atom. The maximum atomic E-state index is 13.3. The SMILES string of the molecule is CN(c1ccccc1)S(=O)(=O)c1ccccc1C(=O)N1CCN(c2ccccc2)CC1. The van der Waals surface area contributed by atoms with E-state index in [2.05, 4.69) is 17.0 Å². The zero-order chi connectivity index (χ0) is 21.8. The number of para-hydroxylation sites is 2. The van der Waals surface area contributed by atoms with Crippen LogP contribution in [0.4, 0.5) is 11.4 Å². The number of benzene rings is 3. The Labute approximate surface area is 183 Å². The predicted octanol–water partition coefficient (Wildman–Crippen LogP) is 3.47. The molecule has 0 spiro atoms. The Morgan fingerprint density at radius 3 is 1.97 bits per heavy atom. The van der Waals surface area contributed by atoms with Gasteiger partial charge in [0.25, 0.3) is 15.9 Å². The lowest BCUT2D eigenvalue weighted by Crippen LogP contribution is -2.49. The first-order valence-electron chi connectivity index (χ1n) is 10.2. The number of rotatable bonds is 5. The van der Waals surface area contributed by atoms with Gasteiger partial charge in [-0.3, -0.25) is 9.10 Å². The molecule has 3 aromatic carbocycles. The van der Waals surface area contributed by atoms with Gasteiger partial charge in [-0.15, -0.1) is 0 Å². The van der Waals surface area contributed by atoms with Crippen molar-refractivity contribution in [2.24, 2.45) is 0 Å². The lowest BCUT2D eigenvalue weighted by molar-refractivity contribution is 0.0743. The third-order valence-corrected chi connectivity index (χ3v) is 7.41. The van der Waals surface area contributed by atoms with E-state index in [1.54, 1.807) is 47.4 Å². The number of carbonyl (C=O) groups excluding carboxylic acids is 1. The smallest absolute Gasteiger partial charge is 0.264 e. The zero-order valence-corrected chi connectivity index (χ0v) is 18.2. The first-order chi connectivity index (χ1) is 15.0. The molecule has 1 aliphatic heterocycles. The Hall–Kier alpha value is -3.32. The first-order valence-corrected chi connectivity index (χ1v) is 11.6. The van der Waals surface area contributed by atoms with Crippen molar-refractivity contribution in [2.45, 2.75) is 4.90 Å². The second-order valence-corrected chi connectivity index (χ2v) is 9.36. The quantitative estimate of drug-likeness (QED) is 0.616. The van der Waals surface area contributed by atoms with Gasteiger partial charge in [-0.2, -0.15) is 0 Å². The van der Waals surface area contributed by atoms with Crippen LogP contribution in [-0.4, -0.2) is 52.5 Å². The van der Waals surface area contributed by atoms with Gasteiger partial charge in [0.15, 0.2) is 0 Å². The average Bonchev–Trinajstić information content (AvgIpc) is 2.84. The molecule has 0 N–H and O–H groups in total. The molecule has 0 bridgehead atoms. The highest BCUT2D eigenvalue weighted by molar-refractivity contribution is 7.92. The van der Waals surface area contributed by atoms with E-state index in [-0.39, 0.29) is 16.4 Å². The van der Waals surface area contributed by atoms with Crippen LogP contribution in [0.3, 0.4) is 0 Å². The van der Waals surface area contributed by atoms with Gasteiger partial charge in [0.1, 0.15) is 4.90 Å². The van der Waals surface area contributed by atoms with Crippen molar-refractivity contribution in [2.75, 3.05) is 42.4 Å². The third-order valence-electron chi connectivity index (χ3n) is 5.56. The molecule has 6 nitrogen and oxygen atoms in total. The molecule has 4 rings (SSSR count). The van der Waals surface area contributed by atoms with Gasteiger partial charge < -0.3 is 9.80 Å². The summed E-state index contributed by atoms with van der Waals surface area (Å²) >= 11 is 0. The van der Waals surface area contributed by atoms with Crippen LogP contribution in [0.25, 0.3) is 0 Å². The molecule has 0 aromatic heterocycles. The number of piperazine rings is 1. The summed E-state index contributed by atoms with van der Waals surface area (Å²) in [6.07, 6.45) is 0. The minimum atomic E-state index is -3.88. The minimum absolute atomic E-state index is 0.0249. The first kappa shape index (κ1) is 20.9. The maximum absolute atomic E-state index is 13.3. The van der Waals surface area contributed by atoms with Crippen molar-refractivity contribution >= 4 is 27.3 Å². The van der Waals surface area contributed by atoms with Gasteiger partial charge in [0.2, 0.25) is 0 Å². The summed E-state index contributed by atoms with van der Waals surface area (Å²) < 4.78 is 27.9. The average molecular weight is 436 g/mol. The highest BCUT2D eigenvalue weighted by atomic mass is 32.2. The number of hydrogen-bond acceptors (Lipinski definition) is 4. The van der Waals surface area contributed by atoms with Gasteiger partial charge in [-0.1, -0.05) is 48.5 Å². The van der Waals surface area contributed by atoms with E-state index in [4.69, 9.17) is 0 Å². The molecule has 7 heteroatoms. The van der Waals surface area contributed by atoms with Gasteiger partial charge in [0.05, 0.1) is 11.3 Å². The molecular formula is C24H25N3O3S. The Bertz CT molecular complexity index is 1140. The van der Waals surface area contributed by atoms with Crippen LogP contribution in [0, 0.1) is 0 Å². The topological polar surface area (TPSA) is 60.9 Å². The highest BCUT2D eigenvalue weighted by Gasteiger charge is 2.30. The van der Waals surface area contributed by atoms with E-state index in [0.717, 1.165) is 5.69 Å². The van der Waals surface area contributed by atoms with E-state index < -0.39 is 10.0 Å². The van der Waals surface area contributed by atoms with Crippen LogP contribution in [0.15, 0.2) is 89.8 Å². The van der Waals surface area contributed by atoms with Crippen LogP contribution in [-0.2, 0) is 10.0 Å². The Kier molecular flexibility index (Phi) is 5.95. The van der Waals surface area contributed by atoms with E-state index in [0.29, 0.717) is 31.9 Å². The normalized spacial score (nSPS) is 14.4. The monoisotopic (exact) mass is 435 g/mol. The number of sulfonamides is 1. The molecule has 0 radical (unpaired) electrons. The van der Waals surface area contributed by atoms with Crippen molar-refractivity contribution in [3.05, 3.63) is 90.5 Å². The summed E-state index contributed by atoms with van der Waals surface area (Å²) in [7, 11) is -2.38. The highest BCUT2D eigenvalue weighted by Crippen LogP contribution is 2.26. The van der Waals surface area contributed by atoms with Crippen molar-refractivity contribution in [1.82, 2.24) is 4.90 Å². The second-order valence-electron chi connectivity index (χ2n) is 7.42. The van der Waals surface area contributed by atoms with Crippen molar-refractivity contribution in [3.8, 4) is 0 Å². The number of hydrogen-bond donors (Lipinski definition) is 0. The summed E-state index contributed by atoms with van der Waals surface area (Å²) in [5, 5.41) is 0. The van der Waals surface area contributed by atoms with E-state index in [1.807, 2.05) is 24.3 Å². The molecule has 0 atom stereocenters. The van der Waals surface area contributed by atoms with Crippen molar-refractivity contribution in [1.29, 1.82) is 0 Å². The summed E-state index contributed by atoms with van der Waals surface area (Å²) in [6.45, 7) is 2.48. The fourth-order valence-corrected chi connectivity index (χ4v) is 5.15. The second kappa shape index (κ2) is 8.81. The maximum Gasteiger partial charge on any atom is 0.264 e. The molecule has 1 amide bonds. The van der Waals surface area contributed by atoms with Gasteiger partial charge in [0, 0.05) is 38.9 Å². The molecule has 0 saturated carbocycles. The fourth-order valence-electron chi connectivity index (χ4n) is 3.77. The Balaban J connectivity index is 1.55. The largest absolute Gasteiger partial charge is 0.368 e. The lowest BCUT2D eigenvalue weighted by atomic mass is 10.1. The van der Waals surface area contributed by atoms with Crippen LogP contribution in [0.1, 0.15) is 10.4 Å². The van der Waals surface area contributed by atoms with Crippen LogP contribution in [0.2, 0.25) is 0 Å². The van der Waals surface area contributed by atoms with Gasteiger partial charge >= 0.3 is 0 Å². The molecule has 1 saturated heterocycles. The molecule has 1 heterocycles. The van der Waals surface area contributed by atoms with E-state index in [1.165, 1.54) is 17.4 Å². The number of anilines is 2. The Morgan fingerprint density at radius 2 is 1.32 bits per heavy atom. The van der Waals surface area contributed by atoms with Gasteiger partial charge in [-0.25, -0.2) is 8.42 Å². The summed E-state index contributed by atoms with van der Waals surface area (Å²) in [4.78, 5) is 17.3. The number of carbonyl (C=O) groups is 1. The van der Waals surface area contributed by atoms with E-state index in [9.17, 15) is 13.2 Å².